The lowest BCUT2D eigenvalue weighted by Crippen LogP contribution is -2.45. The van der Waals surface area contributed by atoms with Gasteiger partial charge in [0.1, 0.15) is 10.6 Å². The Bertz CT molecular complexity index is 675. The number of rotatable bonds is 5. The normalized spacial score (nSPS) is 20.7. The van der Waals surface area contributed by atoms with Crippen LogP contribution in [0.25, 0.3) is 0 Å². The molecule has 0 radical (unpaired) electrons. The molecule has 2 fully saturated rings. The second-order valence-corrected chi connectivity index (χ2v) is 8.43. The highest BCUT2D eigenvalue weighted by Gasteiger charge is 2.33. The molecule has 1 aromatic carbocycles. The minimum atomic E-state index is -3.56. The van der Waals surface area contributed by atoms with E-state index < -0.39 is 10.0 Å². The smallest absolute Gasteiger partial charge is 0.244 e. The molecule has 5 nitrogen and oxygen atoms in total. The van der Waals surface area contributed by atoms with Gasteiger partial charge in [0.2, 0.25) is 10.0 Å². The van der Waals surface area contributed by atoms with E-state index in [-0.39, 0.29) is 10.9 Å². The first-order chi connectivity index (χ1) is 10.9. The van der Waals surface area contributed by atoms with Gasteiger partial charge in [0.05, 0.1) is 7.11 Å². The highest BCUT2D eigenvalue weighted by atomic mass is 32.2. The second-order valence-electron chi connectivity index (χ2n) is 6.75. The van der Waals surface area contributed by atoms with Crippen molar-refractivity contribution in [2.24, 2.45) is 0 Å². The number of benzene rings is 1. The largest absolute Gasteiger partial charge is 0.495 e. The number of methoxy groups -OCH3 is 1. The summed E-state index contributed by atoms with van der Waals surface area (Å²) in [5, 5.41) is 0. The minimum absolute atomic E-state index is 0.0151. The standard InChI is InChI=1S/C17H26N2O3S/c1-12-10-16(22-3)17(11-13(12)2)23(20,21)18-14-6-8-19(9-7-14)15-4-5-15/h10-11,14-15,18H,4-9H2,1-3H3. The number of nitrogens with zero attached hydrogens (tertiary/aromatic N) is 1. The van der Waals surface area contributed by atoms with Gasteiger partial charge in [-0.1, -0.05) is 0 Å². The van der Waals surface area contributed by atoms with Gasteiger partial charge in [0, 0.05) is 12.1 Å². The van der Waals surface area contributed by atoms with Crippen LogP contribution in [0.1, 0.15) is 36.8 Å². The van der Waals surface area contributed by atoms with Gasteiger partial charge in [-0.15, -0.1) is 0 Å². The molecule has 1 saturated heterocycles. The Morgan fingerprint density at radius 2 is 1.70 bits per heavy atom. The van der Waals surface area contributed by atoms with Gasteiger partial charge in [0.15, 0.2) is 0 Å². The Hall–Kier alpha value is -1.11. The van der Waals surface area contributed by atoms with Crippen LogP contribution in [0.15, 0.2) is 17.0 Å². The molecule has 0 bridgehead atoms. The Labute approximate surface area is 139 Å². The number of likely N-dealkylation sites (tertiary alicyclic amines) is 1. The first-order valence-corrected chi connectivity index (χ1v) is 9.80. The zero-order valence-electron chi connectivity index (χ0n) is 14.1. The fourth-order valence-corrected chi connectivity index (χ4v) is 4.78. The van der Waals surface area contributed by atoms with Crippen molar-refractivity contribution in [3.05, 3.63) is 23.3 Å². The fourth-order valence-electron chi connectivity index (χ4n) is 3.24. The number of piperidine rings is 1. The predicted molar refractivity (Wildman–Crippen MR) is 90.4 cm³/mol. The fraction of sp³-hybridized carbons (Fsp3) is 0.647. The molecule has 128 valence electrons. The average Bonchev–Trinajstić information content (AvgIpc) is 3.34. The summed E-state index contributed by atoms with van der Waals surface area (Å²) >= 11 is 0. The molecule has 1 aromatic rings. The van der Waals surface area contributed by atoms with Gasteiger partial charge in [-0.3, -0.25) is 0 Å². The van der Waals surface area contributed by atoms with E-state index in [0.29, 0.717) is 5.75 Å². The molecule has 0 aromatic heterocycles. The van der Waals surface area contributed by atoms with Crippen molar-refractivity contribution in [1.29, 1.82) is 0 Å². The van der Waals surface area contributed by atoms with E-state index in [1.807, 2.05) is 13.8 Å². The summed E-state index contributed by atoms with van der Waals surface area (Å²) < 4.78 is 33.7. The number of hydrogen-bond acceptors (Lipinski definition) is 4. The lowest BCUT2D eigenvalue weighted by atomic mass is 10.1. The molecule has 1 aliphatic carbocycles. The molecule has 0 amide bonds. The molecule has 1 saturated carbocycles. The van der Waals surface area contributed by atoms with Gasteiger partial charge >= 0.3 is 0 Å². The third-order valence-electron chi connectivity index (χ3n) is 4.98. The van der Waals surface area contributed by atoms with Crippen molar-refractivity contribution in [2.75, 3.05) is 20.2 Å². The van der Waals surface area contributed by atoms with E-state index in [4.69, 9.17) is 4.74 Å². The second kappa shape index (κ2) is 6.42. The molecule has 2 aliphatic rings. The van der Waals surface area contributed by atoms with E-state index in [2.05, 4.69) is 9.62 Å². The van der Waals surface area contributed by atoms with Crippen molar-refractivity contribution in [3.63, 3.8) is 0 Å². The third-order valence-corrected chi connectivity index (χ3v) is 6.53. The van der Waals surface area contributed by atoms with E-state index in [9.17, 15) is 8.42 Å². The van der Waals surface area contributed by atoms with Crippen LogP contribution < -0.4 is 9.46 Å². The van der Waals surface area contributed by atoms with Gasteiger partial charge in [-0.25, -0.2) is 13.1 Å². The Morgan fingerprint density at radius 3 is 2.26 bits per heavy atom. The summed E-state index contributed by atoms with van der Waals surface area (Å²) in [4.78, 5) is 2.73. The van der Waals surface area contributed by atoms with Crippen LogP contribution >= 0.6 is 0 Å². The van der Waals surface area contributed by atoms with Gasteiger partial charge in [0.25, 0.3) is 0 Å². The van der Waals surface area contributed by atoms with E-state index in [1.165, 1.54) is 20.0 Å². The van der Waals surface area contributed by atoms with Gasteiger partial charge < -0.3 is 9.64 Å². The number of hydrogen-bond donors (Lipinski definition) is 1. The van der Waals surface area contributed by atoms with Crippen molar-refractivity contribution >= 4 is 10.0 Å². The monoisotopic (exact) mass is 338 g/mol. The summed E-state index contributed by atoms with van der Waals surface area (Å²) in [5.41, 5.74) is 1.98. The van der Waals surface area contributed by atoms with E-state index in [1.54, 1.807) is 12.1 Å². The summed E-state index contributed by atoms with van der Waals surface area (Å²) in [5.74, 6) is 0.413. The van der Waals surface area contributed by atoms with Crippen molar-refractivity contribution in [3.8, 4) is 5.75 Å². The first kappa shape index (κ1) is 16.7. The van der Waals surface area contributed by atoms with Crippen LogP contribution in [-0.2, 0) is 10.0 Å². The lowest BCUT2D eigenvalue weighted by Gasteiger charge is -2.32. The Balaban J connectivity index is 1.73. The van der Waals surface area contributed by atoms with Gasteiger partial charge in [-0.2, -0.15) is 0 Å². The van der Waals surface area contributed by atoms with Crippen LogP contribution in [-0.4, -0.2) is 45.6 Å². The van der Waals surface area contributed by atoms with Crippen LogP contribution in [0.4, 0.5) is 0 Å². The third kappa shape index (κ3) is 3.70. The minimum Gasteiger partial charge on any atom is -0.495 e. The maximum atomic E-state index is 12.8. The maximum Gasteiger partial charge on any atom is 0.244 e. The summed E-state index contributed by atoms with van der Waals surface area (Å²) in [7, 11) is -2.05. The first-order valence-electron chi connectivity index (χ1n) is 8.32. The zero-order valence-corrected chi connectivity index (χ0v) is 14.9. The van der Waals surface area contributed by atoms with Crippen molar-refractivity contribution in [2.45, 2.75) is 56.5 Å². The van der Waals surface area contributed by atoms with E-state index >= 15 is 0 Å². The van der Waals surface area contributed by atoms with Crippen LogP contribution in [0.3, 0.4) is 0 Å². The summed E-state index contributed by atoms with van der Waals surface area (Å²) in [6.45, 7) is 5.85. The number of ether oxygens (including phenoxy) is 1. The molecular weight excluding hydrogens is 312 g/mol. The summed E-state index contributed by atoms with van der Waals surface area (Å²) in [6, 6.07) is 4.27. The predicted octanol–water partition coefficient (Wildman–Crippen LogP) is 2.22. The Morgan fingerprint density at radius 1 is 1.09 bits per heavy atom. The van der Waals surface area contributed by atoms with Crippen LogP contribution in [0.2, 0.25) is 0 Å². The van der Waals surface area contributed by atoms with Crippen molar-refractivity contribution in [1.82, 2.24) is 9.62 Å². The zero-order chi connectivity index (χ0) is 16.6. The molecule has 0 spiro atoms. The van der Waals surface area contributed by atoms with Crippen molar-refractivity contribution < 1.29 is 13.2 Å². The molecule has 23 heavy (non-hydrogen) atoms. The topological polar surface area (TPSA) is 58.6 Å². The molecule has 1 aliphatic heterocycles. The molecule has 3 rings (SSSR count). The molecule has 1 heterocycles. The lowest BCUT2D eigenvalue weighted by molar-refractivity contribution is 0.199. The summed E-state index contributed by atoms with van der Waals surface area (Å²) in [6.07, 6.45) is 4.36. The average molecular weight is 338 g/mol. The van der Waals surface area contributed by atoms with E-state index in [0.717, 1.165) is 43.1 Å². The van der Waals surface area contributed by atoms with Crippen LogP contribution in [0, 0.1) is 13.8 Å². The number of aryl methyl sites for hydroxylation is 2. The van der Waals surface area contributed by atoms with Gasteiger partial charge in [-0.05, 0) is 75.9 Å². The van der Waals surface area contributed by atoms with Crippen LogP contribution in [0.5, 0.6) is 5.75 Å². The highest BCUT2D eigenvalue weighted by molar-refractivity contribution is 7.89. The number of nitrogens with one attached hydrogen (secondary N) is 1. The quantitative estimate of drug-likeness (QED) is 0.894. The molecule has 0 atom stereocenters. The highest BCUT2D eigenvalue weighted by Crippen LogP contribution is 2.31. The SMILES string of the molecule is COc1cc(C)c(C)cc1S(=O)(=O)NC1CCN(C2CC2)CC1. The molecular formula is C17H26N2O3S. The maximum absolute atomic E-state index is 12.8. The molecule has 6 heteroatoms. The Kier molecular flexibility index (Phi) is 4.67. The number of sulfonamides is 1. The molecule has 1 N–H and O–H groups in total. The molecule has 0 unspecified atom stereocenters.